The molecule has 1 aliphatic carbocycles. The number of terminal acetylenes is 1. The first-order valence-corrected chi connectivity index (χ1v) is 22.2. The van der Waals surface area contributed by atoms with Crippen LogP contribution in [0, 0.1) is 46.6 Å². The van der Waals surface area contributed by atoms with Crippen molar-refractivity contribution in [2.45, 2.75) is 107 Å². The van der Waals surface area contributed by atoms with Crippen molar-refractivity contribution in [2.24, 2.45) is 11.3 Å². The van der Waals surface area contributed by atoms with Crippen molar-refractivity contribution in [2.75, 3.05) is 64.1 Å². The van der Waals surface area contributed by atoms with Crippen LogP contribution >= 0.6 is 0 Å². The number of fused-ring (bicyclic) bond motifs is 4. The molecule has 1 amide bonds. The molecule has 62 heavy (non-hydrogen) atoms. The summed E-state index contributed by atoms with van der Waals surface area (Å²) in [7, 11) is 0. The van der Waals surface area contributed by atoms with Crippen LogP contribution in [0.1, 0.15) is 87.4 Å². The Balaban J connectivity index is 0.952. The molecule has 2 bridgehead atoms. The summed E-state index contributed by atoms with van der Waals surface area (Å²) < 4.78 is 65.8. The Morgan fingerprint density at radius 2 is 1.85 bits per heavy atom. The van der Waals surface area contributed by atoms with Crippen molar-refractivity contribution in [3.63, 3.8) is 0 Å². The Kier molecular flexibility index (Phi) is 10.6. The van der Waals surface area contributed by atoms with Gasteiger partial charge < -0.3 is 28.9 Å². The van der Waals surface area contributed by atoms with Gasteiger partial charge in [0.05, 0.1) is 52.9 Å². The molecule has 2 aromatic heterocycles. The highest BCUT2D eigenvalue weighted by Gasteiger charge is 2.55. The lowest BCUT2D eigenvalue weighted by Gasteiger charge is -2.57. The van der Waals surface area contributed by atoms with Crippen molar-refractivity contribution >= 4 is 22.6 Å². The monoisotopic (exact) mass is 850 g/mol. The summed E-state index contributed by atoms with van der Waals surface area (Å²) in [4.78, 5) is 35.9. The standard InChI is InChI=1S/C47H53F3N8O4/c1-4-33-36(49)6-7-38-40(33)34(10-17-61-38)42-41(50)43-35(23-52-42)44(56-25-31-18-28(22-51)37(26-56)58(31)39(59)5-2)54-45(53-43)62-27-46(3)19-29(48)24-57(46)32-20-47(21-32)11-13-55(14-12-47)30-8-15-60-16-9-30/h1,5-7,23,28-32,34,37H,2,8-21,24-27H2,3H3/t28?,29-,31-,34-,37-,46+/m1/s1. The molecule has 12 nitrogen and oxygen atoms in total. The van der Waals surface area contributed by atoms with E-state index in [2.05, 4.69) is 33.4 Å². The van der Waals surface area contributed by atoms with Gasteiger partial charge in [-0.1, -0.05) is 12.5 Å². The number of anilines is 1. The molecule has 0 radical (unpaired) electrons. The third-order valence-corrected chi connectivity index (χ3v) is 15.4. The molecular formula is C47H53F3N8O4. The van der Waals surface area contributed by atoms with Gasteiger partial charge in [-0.2, -0.15) is 15.2 Å². The number of likely N-dealkylation sites (tertiary alicyclic amines) is 2. The van der Waals surface area contributed by atoms with Gasteiger partial charge in [0.25, 0.3) is 0 Å². The number of nitrogens with zero attached hydrogens (tertiary/aromatic N) is 8. The predicted molar refractivity (Wildman–Crippen MR) is 224 cm³/mol. The summed E-state index contributed by atoms with van der Waals surface area (Å²) in [6, 6.07) is 5.13. The number of pyridine rings is 1. The van der Waals surface area contributed by atoms with Crippen LogP contribution < -0.4 is 14.4 Å². The molecule has 6 fully saturated rings. The molecule has 1 spiro atoms. The Bertz CT molecular complexity index is 2350. The van der Waals surface area contributed by atoms with Crippen molar-refractivity contribution in [3.8, 4) is 30.2 Å². The lowest BCUT2D eigenvalue weighted by atomic mass is 9.59. The van der Waals surface area contributed by atoms with E-state index in [1.807, 2.05) is 11.8 Å². The lowest BCUT2D eigenvalue weighted by molar-refractivity contribution is -0.129. The minimum atomic E-state index is -1.02. The normalized spacial score (nSPS) is 30.1. The van der Waals surface area contributed by atoms with Gasteiger partial charge in [0.2, 0.25) is 5.91 Å². The number of halogens is 3. The molecule has 7 aliphatic rings. The zero-order chi connectivity index (χ0) is 42.9. The molecule has 3 aromatic rings. The minimum Gasteiger partial charge on any atom is -0.493 e. The number of hydrogen-bond acceptors (Lipinski definition) is 11. The van der Waals surface area contributed by atoms with Crippen molar-refractivity contribution < 1.29 is 32.2 Å². The second kappa shape index (κ2) is 16.0. The van der Waals surface area contributed by atoms with E-state index in [9.17, 15) is 10.1 Å². The second-order valence-electron chi connectivity index (χ2n) is 18.9. The summed E-state index contributed by atoms with van der Waals surface area (Å²) in [6.45, 7) is 10.8. The highest BCUT2D eigenvalue weighted by atomic mass is 19.1. The summed E-state index contributed by atoms with van der Waals surface area (Å²) in [5.74, 6) is 0.445. The zero-order valence-corrected chi connectivity index (χ0v) is 35.2. The largest absolute Gasteiger partial charge is 0.493 e. The number of carbonyl (C=O) groups is 1. The van der Waals surface area contributed by atoms with Gasteiger partial charge in [-0.05, 0) is 95.0 Å². The molecule has 1 aromatic carbocycles. The van der Waals surface area contributed by atoms with Gasteiger partial charge in [0, 0.05) is 69.0 Å². The highest BCUT2D eigenvalue weighted by Crippen LogP contribution is 2.54. The maximum atomic E-state index is 17.3. The van der Waals surface area contributed by atoms with Crippen LogP contribution in [0.4, 0.5) is 19.0 Å². The van der Waals surface area contributed by atoms with E-state index in [1.54, 1.807) is 4.90 Å². The number of piperidine rings is 1. The van der Waals surface area contributed by atoms with E-state index in [-0.39, 0.29) is 72.4 Å². The maximum Gasteiger partial charge on any atom is 0.319 e. The zero-order valence-electron chi connectivity index (χ0n) is 35.2. The minimum absolute atomic E-state index is 0.00582. The number of ether oxygens (including phenoxy) is 3. The van der Waals surface area contributed by atoms with Crippen LogP contribution in [0.15, 0.2) is 31.0 Å². The lowest BCUT2D eigenvalue weighted by Crippen LogP contribution is -2.60. The number of piperazine rings is 1. The van der Waals surface area contributed by atoms with Gasteiger partial charge in [0.15, 0.2) is 5.82 Å². The number of amides is 1. The number of aromatic nitrogens is 3. The van der Waals surface area contributed by atoms with Crippen LogP contribution in [0.2, 0.25) is 0 Å². The molecule has 15 heteroatoms. The van der Waals surface area contributed by atoms with E-state index in [0.717, 1.165) is 64.8 Å². The van der Waals surface area contributed by atoms with Crippen molar-refractivity contribution in [3.05, 3.63) is 59.4 Å². The summed E-state index contributed by atoms with van der Waals surface area (Å²) >= 11 is 0. The molecule has 6 atom stereocenters. The number of benzene rings is 1. The van der Waals surface area contributed by atoms with Crippen molar-refractivity contribution in [1.82, 2.24) is 29.7 Å². The summed E-state index contributed by atoms with van der Waals surface area (Å²) in [6.07, 6.45) is 15.2. The molecule has 0 N–H and O–H groups in total. The molecule has 1 saturated carbocycles. The second-order valence-corrected chi connectivity index (χ2v) is 18.9. The van der Waals surface area contributed by atoms with Crippen LogP contribution in [0.5, 0.6) is 11.8 Å². The Hall–Kier alpha value is -4.96. The molecule has 326 valence electrons. The Morgan fingerprint density at radius 1 is 1.06 bits per heavy atom. The number of nitriles is 1. The fourth-order valence-corrected chi connectivity index (χ4v) is 12.2. The summed E-state index contributed by atoms with van der Waals surface area (Å²) in [5, 5.41) is 10.4. The number of rotatable bonds is 8. The van der Waals surface area contributed by atoms with Crippen LogP contribution in [-0.2, 0) is 9.53 Å². The average Bonchev–Trinajstić information content (AvgIpc) is 3.71. The SMILES string of the molecule is C#Cc1c(F)ccc2c1[C@H](c1ncc3c(N4C[C@H]5CC(C#N)[C@@H](C4)N5C(=O)C=C)nc(OC[C@]4(C)C[C@@H](F)CN4C4CC5(CCN(C6CCOCC6)CC5)C4)nc3c1F)CCO2. The van der Waals surface area contributed by atoms with E-state index in [4.69, 9.17) is 30.6 Å². The Morgan fingerprint density at radius 3 is 2.60 bits per heavy atom. The van der Waals surface area contributed by atoms with E-state index in [1.165, 1.54) is 24.4 Å². The predicted octanol–water partition coefficient (Wildman–Crippen LogP) is 5.92. The summed E-state index contributed by atoms with van der Waals surface area (Å²) in [5.41, 5.74) is -0.0300. The van der Waals surface area contributed by atoms with Crippen LogP contribution in [0.3, 0.4) is 0 Å². The molecule has 6 aliphatic heterocycles. The number of alkyl halides is 1. The Labute approximate surface area is 360 Å². The topological polar surface area (TPSA) is 120 Å². The molecule has 10 rings (SSSR count). The molecule has 5 saturated heterocycles. The van der Waals surface area contributed by atoms with Crippen LogP contribution in [0.25, 0.3) is 10.9 Å². The highest BCUT2D eigenvalue weighted by molar-refractivity contribution is 5.91. The fraction of sp³-hybridized carbons (Fsp3) is 0.596. The average molecular weight is 851 g/mol. The molecule has 8 heterocycles. The van der Waals surface area contributed by atoms with Crippen LogP contribution in [-0.4, -0.2) is 131 Å². The van der Waals surface area contributed by atoms with E-state index >= 15 is 13.2 Å². The van der Waals surface area contributed by atoms with E-state index < -0.39 is 41.2 Å². The first kappa shape index (κ1) is 41.1. The van der Waals surface area contributed by atoms with Gasteiger partial charge in [-0.3, -0.25) is 14.7 Å². The first-order chi connectivity index (χ1) is 30.0. The number of carbonyl (C=O) groups excluding carboxylic acids is 1. The van der Waals surface area contributed by atoms with Crippen molar-refractivity contribution in [1.29, 1.82) is 5.26 Å². The molecular weight excluding hydrogens is 798 g/mol. The first-order valence-electron chi connectivity index (χ1n) is 22.2. The van der Waals surface area contributed by atoms with Gasteiger partial charge >= 0.3 is 6.01 Å². The third kappa shape index (κ3) is 6.95. The van der Waals surface area contributed by atoms with E-state index in [0.29, 0.717) is 54.5 Å². The quantitative estimate of drug-likeness (QED) is 0.199. The smallest absolute Gasteiger partial charge is 0.319 e. The van der Waals surface area contributed by atoms with Gasteiger partial charge in [-0.25, -0.2) is 13.2 Å². The van der Waals surface area contributed by atoms with Gasteiger partial charge in [-0.15, -0.1) is 6.42 Å². The number of hydrogen-bond donors (Lipinski definition) is 0. The maximum absolute atomic E-state index is 17.3. The van der Waals surface area contributed by atoms with Gasteiger partial charge in [0.1, 0.15) is 35.7 Å². The fourth-order valence-electron chi connectivity index (χ4n) is 12.2. The molecule has 1 unspecified atom stereocenters. The third-order valence-electron chi connectivity index (χ3n) is 15.4.